The van der Waals surface area contributed by atoms with Gasteiger partial charge in [-0.1, -0.05) is 30.7 Å². The van der Waals surface area contributed by atoms with E-state index in [9.17, 15) is 4.79 Å². The summed E-state index contributed by atoms with van der Waals surface area (Å²) in [5.41, 5.74) is 7.35. The number of nitrogens with two attached hydrogens (primary N) is 1. The van der Waals surface area contributed by atoms with Crippen LogP contribution in [0.5, 0.6) is 0 Å². The molecule has 0 aromatic heterocycles. The van der Waals surface area contributed by atoms with Crippen LogP contribution in [0.15, 0.2) is 18.2 Å². The summed E-state index contributed by atoms with van der Waals surface area (Å²) in [4.78, 5) is 14.2. The van der Waals surface area contributed by atoms with E-state index < -0.39 is 0 Å². The third kappa shape index (κ3) is 2.82. The van der Waals surface area contributed by atoms with Gasteiger partial charge in [0.05, 0.1) is 0 Å². The molecule has 0 spiro atoms. The predicted molar refractivity (Wildman–Crippen MR) is 81.8 cm³/mol. The van der Waals surface area contributed by atoms with Crippen molar-refractivity contribution in [2.45, 2.75) is 19.4 Å². The highest BCUT2D eigenvalue weighted by atomic mass is 35.5. The number of benzene rings is 1. The van der Waals surface area contributed by atoms with Gasteiger partial charge in [0.25, 0.3) is 0 Å². The molecule has 1 aromatic rings. The Kier molecular flexibility index (Phi) is 4.27. The molecule has 1 heterocycles. The summed E-state index contributed by atoms with van der Waals surface area (Å²) >= 11 is 11.1. The minimum absolute atomic E-state index is 0.0394. The van der Waals surface area contributed by atoms with Crippen molar-refractivity contribution >= 4 is 40.4 Å². The van der Waals surface area contributed by atoms with Gasteiger partial charge in [-0.2, -0.15) is 0 Å². The molecule has 1 aliphatic heterocycles. The number of carbonyl (C=O) groups excluding carboxylic acids is 1. The van der Waals surface area contributed by atoms with Gasteiger partial charge in [-0.15, -0.1) is 0 Å². The van der Waals surface area contributed by atoms with Crippen LogP contribution in [0.3, 0.4) is 0 Å². The van der Waals surface area contributed by atoms with E-state index in [4.69, 9.17) is 29.6 Å². The van der Waals surface area contributed by atoms with Crippen LogP contribution >= 0.6 is 23.8 Å². The van der Waals surface area contributed by atoms with E-state index in [0.717, 1.165) is 24.2 Å². The first-order chi connectivity index (χ1) is 9.04. The van der Waals surface area contributed by atoms with E-state index in [0.29, 0.717) is 16.6 Å². The minimum atomic E-state index is -0.192. The van der Waals surface area contributed by atoms with Crippen molar-refractivity contribution in [3.63, 3.8) is 0 Å². The molecular weight excluding hydrogens is 282 g/mol. The van der Waals surface area contributed by atoms with E-state index in [-0.39, 0.29) is 11.9 Å². The van der Waals surface area contributed by atoms with Crippen molar-refractivity contribution in [1.82, 2.24) is 5.32 Å². The normalized spacial score (nSPS) is 19.2. The molecule has 1 amide bonds. The van der Waals surface area contributed by atoms with Crippen molar-refractivity contribution in [3.05, 3.63) is 28.8 Å². The molecule has 2 rings (SSSR count). The van der Waals surface area contributed by atoms with Gasteiger partial charge in [0.1, 0.15) is 11.0 Å². The molecule has 0 aliphatic carbocycles. The fourth-order valence-corrected chi connectivity index (χ4v) is 2.70. The van der Waals surface area contributed by atoms with Crippen LogP contribution in [-0.4, -0.2) is 30.0 Å². The van der Waals surface area contributed by atoms with E-state index in [1.807, 2.05) is 17.9 Å². The molecule has 1 atom stereocenters. The highest BCUT2D eigenvalue weighted by molar-refractivity contribution is 7.80. The molecule has 19 heavy (non-hydrogen) atoms. The van der Waals surface area contributed by atoms with Crippen LogP contribution in [0.1, 0.15) is 18.9 Å². The fourth-order valence-electron chi connectivity index (χ4n) is 2.36. The second-order valence-electron chi connectivity index (χ2n) is 4.43. The van der Waals surface area contributed by atoms with Gasteiger partial charge in [0, 0.05) is 29.4 Å². The topological polar surface area (TPSA) is 58.4 Å². The Morgan fingerprint density at radius 3 is 3.00 bits per heavy atom. The number of thiocarbonyl (C=S) groups is 1. The number of halogens is 1. The maximum Gasteiger partial charge on any atom is 0.242 e. The van der Waals surface area contributed by atoms with Crippen molar-refractivity contribution in [1.29, 1.82) is 0 Å². The molecular formula is C13H16ClN3OS. The van der Waals surface area contributed by atoms with Gasteiger partial charge in [0.15, 0.2) is 0 Å². The van der Waals surface area contributed by atoms with Crippen LogP contribution in [-0.2, 0) is 4.79 Å². The summed E-state index contributed by atoms with van der Waals surface area (Å²) < 4.78 is 0. The third-order valence-corrected chi connectivity index (χ3v) is 3.71. The number of anilines is 1. The van der Waals surface area contributed by atoms with Crippen molar-refractivity contribution < 1.29 is 4.79 Å². The van der Waals surface area contributed by atoms with E-state index in [1.54, 1.807) is 12.1 Å². The number of amides is 1. The zero-order valence-electron chi connectivity index (χ0n) is 10.6. The van der Waals surface area contributed by atoms with Crippen molar-refractivity contribution in [2.75, 3.05) is 18.0 Å². The van der Waals surface area contributed by atoms with Crippen LogP contribution in [0.2, 0.25) is 5.02 Å². The van der Waals surface area contributed by atoms with Gasteiger partial charge >= 0.3 is 0 Å². The predicted octanol–water partition coefficient (Wildman–Crippen LogP) is 1.69. The molecule has 1 aromatic carbocycles. The highest BCUT2D eigenvalue weighted by Crippen LogP contribution is 2.27. The number of piperazine rings is 1. The molecule has 0 radical (unpaired) electrons. The van der Waals surface area contributed by atoms with E-state index in [1.165, 1.54) is 0 Å². The Hall–Kier alpha value is -1.33. The average molecular weight is 298 g/mol. The van der Waals surface area contributed by atoms with Gasteiger partial charge in [-0.3, -0.25) is 4.79 Å². The molecule has 4 nitrogen and oxygen atoms in total. The SMILES string of the molecule is CCC1C(=O)NCCN1c1ccc(Cl)cc1C(N)=S. The molecule has 102 valence electrons. The monoisotopic (exact) mass is 297 g/mol. The average Bonchev–Trinajstić information content (AvgIpc) is 2.38. The quantitative estimate of drug-likeness (QED) is 0.834. The first-order valence-corrected chi connectivity index (χ1v) is 6.97. The molecule has 6 heteroatoms. The maximum absolute atomic E-state index is 11.9. The highest BCUT2D eigenvalue weighted by Gasteiger charge is 2.29. The molecule has 0 saturated carbocycles. The van der Waals surface area contributed by atoms with Crippen LogP contribution in [0.25, 0.3) is 0 Å². The standard InChI is InChI=1S/C13H16ClN3OS/c1-2-10-13(18)16-5-6-17(10)11-4-3-8(14)7-9(11)12(15)19/h3-4,7,10H,2,5-6H2,1H3,(H2,15,19)(H,16,18). The Morgan fingerprint density at radius 1 is 1.63 bits per heavy atom. The maximum atomic E-state index is 11.9. The summed E-state index contributed by atoms with van der Waals surface area (Å²) in [5, 5.41) is 3.46. The fraction of sp³-hybridized carbons (Fsp3) is 0.385. The van der Waals surface area contributed by atoms with Crippen LogP contribution in [0, 0.1) is 0 Å². The second kappa shape index (κ2) is 5.75. The molecule has 1 saturated heterocycles. The largest absolute Gasteiger partial charge is 0.389 e. The number of hydrogen-bond acceptors (Lipinski definition) is 3. The smallest absolute Gasteiger partial charge is 0.242 e. The van der Waals surface area contributed by atoms with Gasteiger partial charge in [-0.25, -0.2) is 0 Å². The van der Waals surface area contributed by atoms with Crippen LogP contribution < -0.4 is 16.0 Å². The Balaban J connectivity index is 2.45. The second-order valence-corrected chi connectivity index (χ2v) is 5.31. The number of nitrogens with one attached hydrogen (secondary N) is 1. The van der Waals surface area contributed by atoms with E-state index in [2.05, 4.69) is 5.32 Å². The molecule has 3 N–H and O–H groups in total. The summed E-state index contributed by atoms with van der Waals surface area (Å²) in [7, 11) is 0. The molecule has 1 aliphatic rings. The van der Waals surface area contributed by atoms with Crippen molar-refractivity contribution in [2.24, 2.45) is 5.73 Å². The molecule has 1 unspecified atom stereocenters. The lowest BCUT2D eigenvalue weighted by molar-refractivity contribution is -0.123. The zero-order valence-corrected chi connectivity index (χ0v) is 12.2. The van der Waals surface area contributed by atoms with Crippen LogP contribution in [0.4, 0.5) is 5.69 Å². The number of carbonyl (C=O) groups is 1. The Bertz CT molecular complexity index is 521. The lowest BCUT2D eigenvalue weighted by atomic mass is 10.1. The number of hydrogen-bond donors (Lipinski definition) is 2. The van der Waals surface area contributed by atoms with Gasteiger partial charge in [0.2, 0.25) is 5.91 Å². The lowest BCUT2D eigenvalue weighted by Crippen LogP contribution is -2.55. The third-order valence-electron chi connectivity index (χ3n) is 3.25. The van der Waals surface area contributed by atoms with Gasteiger partial charge < -0.3 is 16.0 Å². The summed E-state index contributed by atoms with van der Waals surface area (Å²) in [6, 6.07) is 5.22. The summed E-state index contributed by atoms with van der Waals surface area (Å²) in [5.74, 6) is 0.0394. The molecule has 0 bridgehead atoms. The Morgan fingerprint density at radius 2 is 2.37 bits per heavy atom. The molecule has 1 fully saturated rings. The summed E-state index contributed by atoms with van der Waals surface area (Å²) in [6.45, 7) is 3.34. The zero-order chi connectivity index (χ0) is 14.0. The van der Waals surface area contributed by atoms with E-state index >= 15 is 0 Å². The first kappa shape index (κ1) is 14.1. The van der Waals surface area contributed by atoms with Gasteiger partial charge in [-0.05, 0) is 24.6 Å². The van der Waals surface area contributed by atoms with Crippen molar-refractivity contribution in [3.8, 4) is 0 Å². The number of rotatable bonds is 3. The lowest BCUT2D eigenvalue weighted by Gasteiger charge is -2.37. The first-order valence-electron chi connectivity index (χ1n) is 6.18. The Labute approximate surface area is 122 Å². The minimum Gasteiger partial charge on any atom is -0.389 e. The number of nitrogens with zero attached hydrogens (tertiary/aromatic N) is 1. The summed E-state index contributed by atoms with van der Waals surface area (Å²) in [6.07, 6.45) is 0.727.